The van der Waals surface area contributed by atoms with Gasteiger partial charge in [0.25, 0.3) is 5.91 Å². The molecule has 5 nitrogen and oxygen atoms in total. The normalized spacial score (nSPS) is 18.6. The molecule has 1 unspecified atom stereocenters. The first-order chi connectivity index (χ1) is 11.3. The topological polar surface area (TPSA) is 58.3 Å². The molecular formula is C16H14F3N3O2. The number of hydrogen-bond acceptors (Lipinski definition) is 3. The van der Waals surface area contributed by atoms with Crippen LogP contribution < -0.4 is 0 Å². The monoisotopic (exact) mass is 337 g/mol. The number of fused-ring (bicyclic) bond motifs is 1. The molecule has 1 aromatic heterocycles. The number of morpholine rings is 1. The number of nitrogens with zero attached hydrogens (tertiary/aromatic N) is 3. The smallest absolute Gasteiger partial charge is 0.376 e. The number of carbonyl (C=O) groups excluding carboxylic acids is 1. The first-order valence-electron chi connectivity index (χ1n) is 7.28. The summed E-state index contributed by atoms with van der Waals surface area (Å²) < 4.78 is 45.2. The Morgan fingerprint density at radius 3 is 2.79 bits per heavy atom. The zero-order chi connectivity index (χ0) is 17.5. The van der Waals surface area contributed by atoms with Gasteiger partial charge in [-0.2, -0.15) is 18.4 Å². The fourth-order valence-electron chi connectivity index (χ4n) is 2.83. The lowest BCUT2D eigenvalue weighted by Gasteiger charge is -2.31. The Bertz CT molecular complexity index is 835. The van der Waals surface area contributed by atoms with Crippen molar-refractivity contribution in [3.63, 3.8) is 0 Å². The zero-order valence-electron chi connectivity index (χ0n) is 12.8. The molecule has 8 heteroatoms. The molecule has 2 heterocycles. The van der Waals surface area contributed by atoms with Crippen molar-refractivity contribution in [2.45, 2.75) is 12.2 Å². The number of rotatable bonds is 1. The molecule has 126 valence electrons. The minimum absolute atomic E-state index is 0.129. The van der Waals surface area contributed by atoms with Crippen molar-refractivity contribution in [2.24, 2.45) is 7.05 Å². The molecule has 3 rings (SSSR count). The van der Waals surface area contributed by atoms with Crippen LogP contribution in [0, 0.1) is 11.3 Å². The molecule has 1 aliphatic rings. The van der Waals surface area contributed by atoms with Gasteiger partial charge in [0.1, 0.15) is 11.7 Å². The average molecular weight is 337 g/mol. The lowest BCUT2D eigenvalue weighted by molar-refractivity contribution is -0.137. The first kappa shape index (κ1) is 16.3. The van der Waals surface area contributed by atoms with Crippen molar-refractivity contribution in [2.75, 3.05) is 19.8 Å². The molecule has 0 saturated carbocycles. The largest absolute Gasteiger partial charge is 0.416 e. The third-order valence-electron chi connectivity index (χ3n) is 4.13. The number of ether oxygens (including phenoxy) is 1. The summed E-state index contributed by atoms with van der Waals surface area (Å²) in [7, 11) is 1.62. The number of hydrogen-bond donors (Lipinski definition) is 0. The molecule has 0 bridgehead atoms. The Morgan fingerprint density at radius 2 is 2.12 bits per heavy atom. The van der Waals surface area contributed by atoms with E-state index in [-0.39, 0.29) is 18.8 Å². The Labute approximate surface area is 135 Å². The van der Waals surface area contributed by atoms with Gasteiger partial charge < -0.3 is 14.2 Å². The number of amides is 1. The Balaban J connectivity index is 2.02. The number of nitriles is 1. The minimum atomic E-state index is -4.44. The van der Waals surface area contributed by atoms with E-state index in [0.717, 1.165) is 12.1 Å². The number of halogens is 3. The summed E-state index contributed by atoms with van der Waals surface area (Å²) in [6, 6.07) is 6.09. The van der Waals surface area contributed by atoms with Crippen LogP contribution in [0.25, 0.3) is 10.9 Å². The maximum absolute atomic E-state index is 12.8. The standard InChI is InChI=1S/C16H14F3N3O2/c1-21-13-3-2-11(16(17,18)19)6-10(13)7-14(21)15(23)22-4-5-24-9-12(22)8-20/h2-3,6-7,12H,4-5,9H2,1H3. The van der Waals surface area contributed by atoms with Crippen molar-refractivity contribution < 1.29 is 22.7 Å². The fourth-order valence-corrected chi connectivity index (χ4v) is 2.83. The highest BCUT2D eigenvalue weighted by Gasteiger charge is 2.32. The summed E-state index contributed by atoms with van der Waals surface area (Å²) in [6.45, 7) is 0.725. The van der Waals surface area contributed by atoms with Crippen LogP contribution in [0.1, 0.15) is 16.1 Å². The van der Waals surface area contributed by atoms with Gasteiger partial charge in [-0.1, -0.05) is 0 Å². The van der Waals surface area contributed by atoms with E-state index in [1.807, 2.05) is 6.07 Å². The lowest BCUT2D eigenvalue weighted by Crippen LogP contribution is -2.48. The molecule has 0 N–H and O–H groups in total. The van der Waals surface area contributed by atoms with Gasteiger partial charge in [0, 0.05) is 24.5 Å². The predicted molar refractivity (Wildman–Crippen MR) is 79.2 cm³/mol. The second kappa shape index (κ2) is 5.83. The molecule has 0 radical (unpaired) electrons. The molecule has 24 heavy (non-hydrogen) atoms. The second-order valence-electron chi connectivity index (χ2n) is 5.58. The maximum Gasteiger partial charge on any atom is 0.416 e. The van der Waals surface area contributed by atoms with Crippen LogP contribution in [0.3, 0.4) is 0 Å². The Hall–Kier alpha value is -2.53. The number of benzene rings is 1. The summed E-state index contributed by atoms with van der Waals surface area (Å²) in [5.74, 6) is -0.392. The molecule has 1 fully saturated rings. The van der Waals surface area contributed by atoms with Gasteiger partial charge in [-0.15, -0.1) is 0 Å². The molecule has 1 atom stereocenters. The van der Waals surface area contributed by atoms with Gasteiger partial charge in [0.05, 0.1) is 24.8 Å². The zero-order valence-corrected chi connectivity index (χ0v) is 12.8. The van der Waals surface area contributed by atoms with Crippen molar-refractivity contribution in [3.8, 4) is 6.07 Å². The second-order valence-corrected chi connectivity index (χ2v) is 5.58. The molecule has 1 aromatic carbocycles. The summed E-state index contributed by atoms with van der Waals surface area (Å²) in [6.07, 6.45) is -4.44. The number of aryl methyl sites for hydroxylation is 1. The summed E-state index contributed by atoms with van der Waals surface area (Å²) in [5, 5.41) is 9.47. The third kappa shape index (κ3) is 2.71. The first-order valence-corrected chi connectivity index (χ1v) is 7.28. The molecule has 1 amide bonds. The van der Waals surface area contributed by atoms with E-state index in [1.54, 1.807) is 11.6 Å². The van der Waals surface area contributed by atoms with E-state index >= 15 is 0 Å². The highest BCUT2D eigenvalue weighted by Crippen LogP contribution is 2.32. The fraction of sp³-hybridized carbons (Fsp3) is 0.375. The molecule has 2 aromatic rings. The highest BCUT2D eigenvalue weighted by molar-refractivity contribution is 5.99. The van der Waals surface area contributed by atoms with Crippen molar-refractivity contribution in [1.82, 2.24) is 9.47 Å². The average Bonchev–Trinajstić information content (AvgIpc) is 2.90. The maximum atomic E-state index is 12.8. The molecule has 1 saturated heterocycles. The van der Waals surface area contributed by atoms with E-state index in [4.69, 9.17) is 10.00 Å². The molecular weight excluding hydrogens is 323 g/mol. The summed E-state index contributed by atoms with van der Waals surface area (Å²) in [4.78, 5) is 14.1. The molecule has 0 aliphatic carbocycles. The van der Waals surface area contributed by atoms with E-state index in [1.165, 1.54) is 17.0 Å². The van der Waals surface area contributed by atoms with Crippen LogP contribution in [0.5, 0.6) is 0 Å². The van der Waals surface area contributed by atoms with Gasteiger partial charge in [-0.3, -0.25) is 4.79 Å². The Kier molecular flexibility index (Phi) is 3.97. The SMILES string of the molecule is Cn1c(C(=O)N2CCOCC2C#N)cc2cc(C(F)(F)F)ccc21. The van der Waals surface area contributed by atoms with E-state index < -0.39 is 23.7 Å². The van der Waals surface area contributed by atoms with Crippen molar-refractivity contribution in [1.29, 1.82) is 5.26 Å². The minimum Gasteiger partial charge on any atom is -0.376 e. The number of carbonyl (C=O) groups is 1. The molecule has 1 aliphatic heterocycles. The lowest BCUT2D eigenvalue weighted by atomic mass is 10.1. The summed E-state index contributed by atoms with van der Waals surface area (Å²) in [5.41, 5.74) is 0.000430. The molecule has 0 spiro atoms. The van der Waals surface area contributed by atoms with Crippen LogP contribution >= 0.6 is 0 Å². The van der Waals surface area contributed by atoms with Crippen LogP contribution in [0.2, 0.25) is 0 Å². The Morgan fingerprint density at radius 1 is 1.38 bits per heavy atom. The van der Waals surface area contributed by atoms with Gasteiger partial charge in [0.2, 0.25) is 0 Å². The van der Waals surface area contributed by atoms with Gasteiger partial charge in [-0.25, -0.2) is 0 Å². The van der Waals surface area contributed by atoms with Gasteiger partial charge >= 0.3 is 6.18 Å². The van der Waals surface area contributed by atoms with Gasteiger partial charge in [0.15, 0.2) is 0 Å². The van der Waals surface area contributed by atoms with Crippen molar-refractivity contribution in [3.05, 3.63) is 35.5 Å². The van der Waals surface area contributed by atoms with Gasteiger partial charge in [-0.05, 0) is 24.3 Å². The van der Waals surface area contributed by atoms with Crippen LogP contribution in [0.4, 0.5) is 13.2 Å². The third-order valence-corrected chi connectivity index (χ3v) is 4.13. The van der Waals surface area contributed by atoms with Crippen LogP contribution in [0.15, 0.2) is 24.3 Å². The van der Waals surface area contributed by atoms with E-state index in [9.17, 15) is 18.0 Å². The van der Waals surface area contributed by atoms with E-state index in [0.29, 0.717) is 17.5 Å². The van der Waals surface area contributed by atoms with Crippen molar-refractivity contribution >= 4 is 16.8 Å². The quantitative estimate of drug-likeness (QED) is 0.804. The van der Waals surface area contributed by atoms with Crippen LogP contribution in [-0.2, 0) is 18.0 Å². The van der Waals surface area contributed by atoms with E-state index in [2.05, 4.69) is 0 Å². The summed E-state index contributed by atoms with van der Waals surface area (Å²) >= 11 is 0. The van der Waals surface area contributed by atoms with Crippen LogP contribution in [-0.4, -0.2) is 41.2 Å². The number of aromatic nitrogens is 1. The number of alkyl halides is 3. The highest BCUT2D eigenvalue weighted by atomic mass is 19.4. The predicted octanol–water partition coefficient (Wildman–Crippen LogP) is 2.56.